The van der Waals surface area contributed by atoms with Crippen molar-refractivity contribution < 1.29 is 51.6 Å². The number of aliphatic hydroxyl groups excluding tert-OH is 1. The zero-order valence-electron chi connectivity index (χ0n) is 27.1. The summed E-state index contributed by atoms with van der Waals surface area (Å²) < 4.78 is 73.3. The molecule has 51 heavy (non-hydrogen) atoms. The minimum atomic E-state index is -1.64. The summed E-state index contributed by atoms with van der Waals surface area (Å²) in [6.07, 6.45) is -0.236. The summed E-state index contributed by atoms with van der Waals surface area (Å²) in [4.78, 5) is 28.9. The smallest absolute Gasteiger partial charge is 0.308 e. The average Bonchev–Trinajstić information content (AvgIpc) is 3.79. The largest absolute Gasteiger partial charge is 0.469 e. The Morgan fingerprint density at radius 1 is 1.02 bits per heavy atom. The van der Waals surface area contributed by atoms with Gasteiger partial charge in [-0.05, 0) is 24.3 Å². The van der Waals surface area contributed by atoms with E-state index in [0.29, 0.717) is 11.3 Å². The molecule has 6 rings (SSSR count). The molecule has 0 amide bonds. The maximum atomic E-state index is 14.1. The predicted octanol–water partition coefficient (Wildman–Crippen LogP) is 3.18. The number of carbonyl (C=O) groups excluding carboxylic acids is 2. The molecular weight excluding hydrogens is 723 g/mol. The van der Waals surface area contributed by atoms with Gasteiger partial charge in [-0.2, -0.15) is 0 Å². The highest BCUT2D eigenvalue weighted by atomic mass is 35.5. The number of benzene rings is 1. The fourth-order valence-corrected chi connectivity index (χ4v) is 7.64. The van der Waals surface area contributed by atoms with E-state index >= 15 is 0 Å². The Balaban J connectivity index is 1.31. The van der Waals surface area contributed by atoms with Crippen LogP contribution in [0.1, 0.15) is 25.4 Å². The van der Waals surface area contributed by atoms with Crippen LogP contribution < -0.4 is 0 Å². The van der Waals surface area contributed by atoms with Gasteiger partial charge < -0.3 is 28.8 Å². The average molecular weight is 754 g/mol. The number of aromatic nitrogens is 7. The number of thioether (sulfide) groups is 1. The molecule has 4 aromatic rings. The SMILES string of the molecule is COC(=O)C[C@H]1O[C@@H](S[C@@H]2COC[C@H](n3cc(-c4ccnc(Cl)c4)nn3)[C@H]2O)[C@H](OC)[C@@H](n2cc(-c3cc(F)c(F)c(F)c3)nn2)[C@H]1OC(C)=O. The van der Waals surface area contributed by atoms with Gasteiger partial charge in [0.25, 0.3) is 0 Å². The molecule has 1 N–H and O–H groups in total. The van der Waals surface area contributed by atoms with E-state index in [2.05, 4.69) is 25.6 Å². The molecule has 272 valence electrons. The lowest BCUT2D eigenvalue weighted by Gasteiger charge is -2.46. The molecule has 0 unspecified atom stereocenters. The molecule has 8 atom stereocenters. The number of rotatable bonds is 10. The first-order chi connectivity index (χ1) is 24.5. The second kappa shape index (κ2) is 15.6. The molecule has 0 spiro atoms. The third-order valence-corrected chi connectivity index (χ3v) is 10.0. The fourth-order valence-electron chi connectivity index (χ4n) is 5.97. The minimum absolute atomic E-state index is 0.0374. The van der Waals surface area contributed by atoms with Crippen LogP contribution in [0, 0.1) is 17.5 Å². The minimum Gasteiger partial charge on any atom is -0.469 e. The van der Waals surface area contributed by atoms with Gasteiger partial charge in [0.15, 0.2) is 23.6 Å². The molecular formula is C31H31ClF3N7O8S. The van der Waals surface area contributed by atoms with Crippen LogP contribution in [0.4, 0.5) is 13.2 Å². The van der Waals surface area contributed by atoms with Gasteiger partial charge in [0.05, 0.1) is 50.5 Å². The molecule has 20 heteroatoms. The summed E-state index contributed by atoms with van der Waals surface area (Å²) in [5.41, 5.74) is 0.0656. The van der Waals surface area contributed by atoms with Gasteiger partial charge in [0, 0.05) is 31.4 Å². The molecule has 0 aliphatic carbocycles. The maximum Gasteiger partial charge on any atom is 0.308 e. The van der Waals surface area contributed by atoms with E-state index in [0.717, 1.165) is 23.9 Å². The first-order valence-corrected chi connectivity index (χ1v) is 16.7. The fraction of sp³-hybridized carbons (Fsp3) is 0.452. The first-order valence-electron chi connectivity index (χ1n) is 15.4. The lowest BCUT2D eigenvalue weighted by Crippen LogP contribution is -2.57. The summed E-state index contributed by atoms with van der Waals surface area (Å²) >= 11 is 7.18. The maximum absolute atomic E-state index is 14.1. The van der Waals surface area contributed by atoms with Crippen LogP contribution in [0.15, 0.2) is 42.9 Å². The zero-order chi connectivity index (χ0) is 36.4. The second-order valence-electron chi connectivity index (χ2n) is 11.6. The summed E-state index contributed by atoms with van der Waals surface area (Å²) in [5, 5.41) is 27.8. The van der Waals surface area contributed by atoms with E-state index in [1.165, 1.54) is 42.9 Å². The Morgan fingerprint density at radius 2 is 1.71 bits per heavy atom. The highest BCUT2D eigenvalue weighted by Crippen LogP contribution is 2.43. The third-order valence-electron chi connectivity index (χ3n) is 8.41. The van der Waals surface area contributed by atoms with Crippen molar-refractivity contribution in [2.45, 2.75) is 60.5 Å². The van der Waals surface area contributed by atoms with E-state index in [-0.39, 0.29) is 36.0 Å². The molecule has 2 saturated heterocycles. The lowest BCUT2D eigenvalue weighted by molar-refractivity contribution is -0.203. The van der Waals surface area contributed by atoms with Crippen molar-refractivity contribution in [3.63, 3.8) is 0 Å². The van der Waals surface area contributed by atoms with Crippen molar-refractivity contribution in [1.29, 1.82) is 0 Å². The van der Waals surface area contributed by atoms with Crippen LogP contribution in [-0.4, -0.2) is 115 Å². The van der Waals surface area contributed by atoms with E-state index in [1.54, 1.807) is 18.3 Å². The van der Waals surface area contributed by atoms with Crippen molar-refractivity contribution in [3.05, 3.63) is 65.5 Å². The number of halogens is 4. The number of methoxy groups -OCH3 is 2. The summed E-state index contributed by atoms with van der Waals surface area (Å²) in [5.74, 6) is -5.89. The second-order valence-corrected chi connectivity index (χ2v) is 13.4. The summed E-state index contributed by atoms with van der Waals surface area (Å²) in [7, 11) is 2.56. The van der Waals surface area contributed by atoms with Crippen LogP contribution in [0.5, 0.6) is 0 Å². The van der Waals surface area contributed by atoms with Crippen LogP contribution in [0.3, 0.4) is 0 Å². The predicted molar refractivity (Wildman–Crippen MR) is 172 cm³/mol. The van der Waals surface area contributed by atoms with Crippen molar-refractivity contribution >= 4 is 35.3 Å². The first kappa shape index (κ1) is 36.6. The molecule has 3 aromatic heterocycles. The Labute approximate surface area is 297 Å². The number of ether oxygens (including phenoxy) is 5. The van der Waals surface area contributed by atoms with Gasteiger partial charge in [-0.1, -0.05) is 22.0 Å². The van der Waals surface area contributed by atoms with Crippen molar-refractivity contribution in [2.75, 3.05) is 27.4 Å². The van der Waals surface area contributed by atoms with Gasteiger partial charge in [-0.3, -0.25) is 9.59 Å². The zero-order valence-corrected chi connectivity index (χ0v) is 28.7. The van der Waals surface area contributed by atoms with Crippen LogP contribution in [-0.2, 0) is 33.3 Å². The number of esters is 2. The van der Waals surface area contributed by atoms with Gasteiger partial charge in [0.2, 0.25) is 0 Å². The molecule has 0 bridgehead atoms. The van der Waals surface area contributed by atoms with Crippen molar-refractivity contribution in [3.8, 4) is 22.5 Å². The van der Waals surface area contributed by atoms with Gasteiger partial charge >= 0.3 is 11.9 Å². The number of carbonyl (C=O) groups is 2. The van der Waals surface area contributed by atoms with Crippen LogP contribution in [0.2, 0.25) is 5.15 Å². The Morgan fingerprint density at radius 3 is 2.37 bits per heavy atom. The van der Waals surface area contributed by atoms with E-state index in [4.69, 9.17) is 35.3 Å². The van der Waals surface area contributed by atoms with Gasteiger partial charge in [-0.15, -0.1) is 22.0 Å². The number of aliphatic hydroxyl groups is 1. The molecule has 1 aromatic carbocycles. The van der Waals surface area contributed by atoms with E-state index in [1.807, 2.05) is 0 Å². The van der Waals surface area contributed by atoms with Gasteiger partial charge in [-0.25, -0.2) is 27.5 Å². The molecule has 5 heterocycles. The topological polar surface area (TPSA) is 175 Å². The third kappa shape index (κ3) is 7.87. The quantitative estimate of drug-likeness (QED) is 0.142. The number of hydrogen-bond donors (Lipinski definition) is 1. The highest BCUT2D eigenvalue weighted by Gasteiger charge is 2.52. The number of hydrogen-bond acceptors (Lipinski definition) is 14. The van der Waals surface area contributed by atoms with Crippen molar-refractivity contribution in [1.82, 2.24) is 35.0 Å². The normalized spacial score (nSPS) is 26.5. The molecule has 2 aliphatic rings. The molecule has 0 radical (unpaired) electrons. The number of pyridine rings is 1. The van der Waals surface area contributed by atoms with Crippen LogP contribution in [0.25, 0.3) is 22.5 Å². The molecule has 2 fully saturated rings. The number of nitrogens with zero attached hydrogens (tertiary/aromatic N) is 7. The van der Waals surface area contributed by atoms with E-state index < -0.39 is 76.6 Å². The Bertz CT molecular complexity index is 1860. The molecule has 15 nitrogen and oxygen atoms in total. The summed E-state index contributed by atoms with van der Waals surface area (Å²) in [6.45, 7) is 1.38. The Kier molecular flexibility index (Phi) is 11.2. The van der Waals surface area contributed by atoms with Crippen molar-refractivity contribution in [2.24, 2.45) is 0 Å². The van der Waals surface area contributed by atoms with Gasteiger partial charge in [0.1, 0.15) is 46.3 Å². The molecule has 2 aliphatic heterocycles. The van der Waals surface area contributed by atoms with E-state index in [9.17, 15) is 27.9 Å². The molecule has 0 saturated carbocycles. The summed E-state index contributed by atoms with van der Waals surface area (Å²) in [6, 6.07) is 3.17. The monoisotopic (exact) mass is 753 g/mol. The highest BCUT2D eigenvalue weighted by molar-refractivity contribution is 8.00. The lowest BCUT2D eigenvalue weighted by atomic mass is 9.94. The Hall–Kier alpha value is -4.14. The standard InChI is InChI=1S/C31H31ClF3N7O8S/c1-14(43)49-29-22(9-25(44)46-2)50-31(30(47-3)27(29)42-11-20(38-40-42)16-6-17(33)26(35)18(34)7-16)51-23-13-48-12-21(28(23)45)41-10-19(37-39-41)15-4-5-36-24(32)8-15/h4-8,10-11,21-23,27-31,45H,9,12-13H2,1-3H3/t21-,22+,23+,27-,28+,29-,30+,31-/m0/s1. The van der Waals surface area contributed by atoms with Crippen LogP contribution >= 0.6 is 23.4 Å².